The van der Waals surface area contributed by atoms with Gasteiger partial charge in [-0.3, -0.25) is 4.79 Å². The number of carbonyl (C=O) groups is 1. The zero-order chi connectivity index (χ0) is 18.7. The second-order valence-corrected chi connectivity index (χ2v) is 6.46. The molecule has 0 bridgehead atoms. The van der Waals surface area contributed by atoms with Gasteiger partial charge in [0.05, 0.1) is 17.5 Å². The predicted molar refractivity (Wildman–Crippen MR) is 86.9 cm³/mol. The van der Waals surface area contributed by atoms with Crippen molar-refractivity contribution < 1.29 is 27.5 Å². The largest absolute Gasteiger partial charge is 0.481 e. The Morgan fingerprint density at radius 2 is 1.92 bits per heavy atom. The number of benzene rings is 1. The van der Waals surface area contributed by atoms with Gasteiger partial charge in [-0.15, -0.1) is 0 Å². The van der Waals surface area contributed by atoms with Crippen LogP contribution in [0.25, 0.3) is 11.3 Å². The molecule has 0 spiro atoms. The van der Waals surface area contributed by atoms with E-state index < -0.39 is 23.1 Å². The van der Waals surface area contributed by atoms with Gasteiger partial charge in [0.2, 0.25) is 0 Å². The van der Waals surface area contributed by atoms with Crippen LogP contribution in [0.5, 0.6) is 0 Å². The number of hydrogen-bond acceptors (Lipinski definition) is 3. The number of alkyl halides is 3. The summed E-state index contributed by atoms with van der Waals surface area (Å²) in [6.45, 7) is 4.15. The van der Waals surface area contributed by atoms with Gasteiger partial charge in [-0.25, -0.2) is 0 Å². The average molecular weight is 355 g/mol. The molecule has 0 unspecified atom stereocenters. The van der Waals surface area contributed by atoms with Gasteiger partial charge in [0.15, 0.2) is 0 Å². The van der Waals surface area contributed by atoms with Gasteiger partial charge in [-0.2, -0.15) is 13.2 Å². The maximum absolute atomic E-state index is 12.8. The van der Waals surface area contributed by atoms with E-state index in [4.69, 9.17) is 9.52 Å². The molecule has 25 heavy (non-hydrogen) atoms. The first kappa shape index (κ1) is 19.1. The van der Waals surface area contributed by atoms with Crippen LogP contribution in [-0.4, -0.2) is 17.6 Å². The molecule has 0 fully saturated rings. The smallest absolute Gasteiger partial charge is 0.416 e. The minimum absolute atomic E-state index is 0.355. The Labute approximate surface area is 143 Å². The minimum Gasteiger partial charge on any atom is -0.481 e. The Kier molecular flexibility index (Phi) is 5.57. The molecular formula is C18H20F3NO3. The highest BCUT2D eigenvalue weighted by Gasteiger charge is 2.30. The van der Waals surface area contributed by atoms with Gasteiger partial charge in [0.1, 0.15) is 11.5 Å². The highest BCUT2D eigenvalue weighted by atomic mass is 19.4. The summed E-state index contributed by atoms with van der Waals surface area (Å²) in [7, 11) is 0. The van der Waals surface area contributed by atoms with E-state index in [0.717, 1.165) is 12.1 Å². The third-order valence-electron chi connectivity index (χ3n) is 3.94. The standard InChI is InChI=1S/C18H20F3NO3/c1-17(2,16(23)24)8-9-22-11-14-6-7-15(25-14)12-4-3-5-13(10-12)18(19,20)21/h3-7,10,22H,8-9,11H2,1-2H3,(H,23,24). The number of hydrogen-bond donors (Lipinski definition) is 2. The summed E-state index contributed by atoms with van der Waals surface area (Å²) in [5.41, 5.74) is -1.19. The fraction of sp³-hybridized carbons (Fsp3) is 0.389. The normalized spacial score (nSPS) is 12.4. The maximum atomic E-state index is 12.8. The number of carboxylic acid groups (broad SMARTS) is 1. The zero-order valence-electron chi connectivity index (χ0n) is 14.0. The Morgan fingerprint density at radius 1 is 1.20 bits per heavy atom. The third kappa shape index (κ3) is 5.09. The molecule has 0 aliphatic carbocycles. The lowest BCUT2D eigenvalue weighted by atomic mass is 9.90. The van der Waals surface area contributed by atoms with Crippen molar-refractivity contribution in [2.24, 2.45) is 5.41 Å². The van der Waals surface area contributed by atoms with Crippen LogP contribution < -0.4 is 5.32 Å². The van der Waals surface area contributed by atoms with Crippen LogP contribution >= 0.6 is 0 Å². The fourth-order valence-electron chi connectivity index (χ4n) is 2.20. The van der Waals surface area contributed by atoms with Crippen LogP contribution in [0, 0.1) is 5.41 Å². The first-order chi connectivity index (χ1) is 11.6. The number of halogens is 3. The lowest BCUT2D eigenvalue weighted by molar-refractivity contribution is -0.147. The van der Waals surface area contributed by atoms with Crippen LogP contribution in [0.15, 0.2) is 40.8 Å². The first-order valence-electron chi connectivity index (χ1n) is 7.80. The number of furan rings is 1. The minimum atomic E-state index is -4.40. The van der Waals surface area contributed by atoms with E-state index in [0.29, 0.717) is 36.6 Å². The van der Waals surface area contributed by atoms with E-state index in [1.165, 1.54) is 6.07 Å². The van der Waals surface area contributed by atoms with E-state index in [1.54, 1.807) is 32.0 Å². The first-order valence-corrected chi connectivity index (χ1v) is 7.80. The summed E-state index contributed by atoms with van der Waals surface area (Å²) in [6.07, 6.45) is -3.95. The quantitative estimate of drug-likeness (QED) is 0.715. The van der Waals surface area contributed by atoms with E-state index in [-0.39, 0.29) is 0 Å². The van der Waals surface area contributed by atoms with E-state index in [9.17, 15) is 18.0 Å². The Bertz CT molecular complexity index is 735. The SMILES string of the molecule is CC(C)(CCNCc1ccc(-c2cccc(C(F)(F)F)c2)o1)C(=O)O. The van der Waals surface area contributed by atoms with Crippen molar-refractivity contribution in [2.45, 2.75) is 33.0 Å². The van der Waals surface area contributed by atoms with Crippen molar-refractivity contribution in [1.29, 1.82) is 0 Å². The topological polar surface area (TPSA) is 62.5 Å². The molecule has 0 saturated carbocycles. The van der Waals surface area contributed by atoms with E-state index in [1.807, 2.05) is 0 Å². The molecule has 0 aliphatic heterocycles. The van der Waals surface area contributed by atoms with Crippen LogP contribution in [0.1, 0.15) is 31.6 Å². The van der Waals surface area contributed by atoms with E-state index >= 15 is 0 Å². The molecule has 0 atom stereocenters. The summed E-state index contributed by atoms with van der Waals surface area (Å²) in [4.78, 5) is 11.0. The molecule has 0 aliphatic rings. The molecule has 2 rings (SSSR count). The summed E-state index contributed by atoms with van der Waals surface area (Å²) in [6, 6.07) is 8.26. The summed E-state index contributed by atoms with van der Waals surface area (Å²) in [5.74, 6) is 0.0634. The lowest BCUT2D eigenvalue weighted by Gasteiger charge is -2.18. The molecular weight excluding hydrogens is 335 g/mol. The predicted octanol–water partition coefficient (Wildman–Crippen LogP) is 4.56. The van der Waals surface area contributed by atoms with Gasteiger partial charge in [-0.05, 0) is 51.1 Å². The molecule has 4 nitrogen and oxygen atoms in total. The number of nitrogens with one attached hydrogen (secondary N) is 1. The van der Waals surface area contributed by atoms with Crippen molar-refractivity contribution in [3.8, 4) is 11.3 Å². The number of rotatable bonds is 7. The van der Waals surface area contributed by atoms with Crippen LogP contribution in [-0.2, 0) is 17.5 Å². The lowest BCUT2D eigenvalue weighted by Crippen LogP contribution is -2.28. The summed E-state index contributed by atoms with van der Waals surface area (Å²) in [5, 5.41) is 12.1. The second kappa shape index (κ2) is 7.31. The molecule has 136 valence electrons. The molecule has 2 aromatic rings. The van der Waals surface area contributed by atoms with Crippen LogP contribution in [0.4, 0.5) is 13.2 Å². The monoisotopic (exact) mass is 355 g/mol. The van der Waals surface area contributed by atoms with Crippen molar-refractivity contribution in [2.75, 3.05) is 6.54 Å². The average Bonchev–Trinajstić information content (AvgIpc) is 3.00. The maximum Gasteiger partial charge on any atom is 0.416 e. The third-order valence-corrected chi connectivity index (χ3v) is 3.94. The zero-order valence-corrected chi connectivity index (χ0v) is 14.0. The van der Waals surface area contributed by atoms with Gasteiger partial charge < -0.3 is 14.8 Å². The highest BCUT2D eigenvalue weighted by Crippen LogP contribution is 2.32. The van der Waals surface area contributed by atoms with Gasteiger partial charge in [0.25, 0.3) is 0 Å². The number of carboxylic acids is 1. The van der Waals surface area contributed by atoms with Crippen molar-refractivity contribution in [3.05, 3.63) is 47.7 Å². The molecule has 0 radical (unpaired) electrons. The molecule has 0 saturated heterocycles. The van der Waals surface area contributed by atoms with E-state index in [2.05, 4.69) is 5.32 Å². The number of aliphatic carboxylic acids is 1. The fourth-order valence-corrected chi connectivity index (χ4v) is 2.20. The van der Waals surface area contributed by atoms with Gasteiger partial charge in [0, 0.05) is 5.56 Å². The Balaban J connectivity index is 1.96. The molecule has 2 N–H and O–H groups in total. The van der Waals surface area contributed by atoms with Crippen LogP contribution in [0.3, 0.4) is 0 Å². The summed E-state index contributed by atoms with van der Waals surface area (Å²) < 4.78 is 43.9. The summed E-state index contributed by atoms with van der Waals surface area (Å²) >= 11 is 0. The molecule has 1 heterocycles. The van der Waals surface area contributed by atoms with Gasteiger partial charge >= 0.3 is 12.1 Å². The van der Waals surface area contributed by atoms with Crippen molar-refractivity contribution in [1.82, 2.24) is 5.32 Å². The Morgan fingerprint density at radius 3 is 2.56 bits per heavy atom. The van der Waals surface area contributed by atoms with Crippen molar-refractivity contribution >= 4 is 5.97 Å². The Hall–Kier alpha value is -2.28. The van der Waals surface area contributed by atoms with Crippen molar-refractivity contribution in [3.63, 3.8) is 0 Å². The second-order valence-electron chi connectivity index (χ2n) is 6.46. The highest BCUT2D eigenvalue weighted by molar-refractivity contribution is 5.73. The molecule has 7 heteroatoms. The molecule has 1 aromatic carbocycles. The van der Waals surface area contributed by atoms with Gasteiger partial charge in [-0.1, -0.05) is 12.1 Å². The molecule has 1 aromatic heterocycles. The molecule has 0 amide bonds. The van der Waals surface area contributed by atoms with Crippen LogP contribution in [0.2, 0.25) is 0 Å².